The van der Waals surface area contributed by atoms with E-state index in [1.807, 2.05) is 0 Å². The SMILES string of the molecule is Cl.Cl.NCc1noc(C2CC3CCCN3C2)n1. The van der Waals surface area contributed by atoms with Crippen molar-refractivity contribution >= 4 is 24.8 Å². The Balaban J connectivity index is 0.000000722. The van der Waals surface area contributed by atoms with Crippen molar-refractivity contribution in [3.05, 3.63) is 11.7 Å². The Labute approximate surface area is 113 Å². The maximum Gasteiger partial charge on any atom is 0.231 e. The molecule has 5 nitrogen and oxygen atoms in total. The highest BCUT2D eigenvalue weighted by atomic mass is 35.5. The van der Waals surface area contributed by atoms with Crippen LogP contribution in [0.4, 0.5) is 0 Å². The fraction of sp³-hybridized carbons (Fsp3) is 0.800. The van der Waals surface area contributed by atoms with Crippen LogP contribution in [-0.2, 0) is 6.54 Å². The van der Waals surface area contributed by atoms with Gasteiger partial charge in [0.2, 0.25) is 5.89 Å². The van der Waals surface area contributed by atoms with Crippen LogP contribution in [0.3, 0.4) is 0 Å². The monoisotopic (exact) mass is 280 g/mol. The van der Waals surface area contributed by atoms with Gasteiger partial charge in [-0.25, -0.2) is 0 Å². The van der Waals surface area contributed by atoms with Crippen LogP contribution in [0.2, 0.25) is 0 Å². The second kappa shape index (κ2) is 6.00. The van der Waals surface area contributed by atoms with E-state index < -0.39 is 0 Å². The van der Waals surface area contributed by atoms with E-state index in [0.29, 0.717) is 18.3 Å². The van der Waals surface area contributed by atoms with Crippen molar-refractivity contribution in [3.63, 3.8) is 0 Å². The average Bonchev–Trinajstić information content (AvgIpc) is 2.91. The van der Waals surface area contributed by atoms with Gasteiger partial charge in [0.05, 0.1) is 12.5 Å². The van der Waals surface area contributed by atoms with Crippen LogP contribution >= 0.6 is 24.8 Å². The third kappa shape index (κ3) is 2.73. The number of aromatic nitrogens is 2. The predicted molar refractivity (Wildman–Crippen MR) is 68.6 cm³/mol. The summed E-state index contributed by atoms with van der Waals surface area (Å²) in [6.45, 7) is 2.68. The molecule has 98 valence electrons. The Morgan fingerprint density at radius 2 is 2.24 bits per heavy atom. The smallest absolute Gasteiger partial charge is 0.231 e. The van der Waals surface area contributed by atoms with E-state index >= 15 is 0 Å². The first-order chi connectivity index (χ1) is 7.36. The maximum atomic E-state index is 5.46. The standard InChI is InChI=1S/C10H16N4O.2ClH/c11-5-9-12-10(15-13-9)7-4-8-2-1-3-14(8)6-7;;/h7-8H,1-6,11H2;2*1H. The number of hydrogen-bond donors (Lipinski definition) is 1. The van der Waals surface area contributed by atoms with Crippen LogP contribution in [0.1, 0.15) is 36.9 Å². The summed E-state index contributed by atoms with van der Waals surface area (Å²) >= 11 is 0. The molecule has 1 aromatic rings. The van der Waals surface area contributed by atoms with Gasteiger partial charge in [-0.05, 0) is 25.8 Å². The lowest BCUT2D eigenvalue weighted by atomic mass is 10.0. The van der Waals surface area contributed by atoms with Gasteiger partial charge in [0.25, 0.3) is 0 Å². The summed E-state index contributed by atoms with van der Waals surface area (Å²) in [5.41, 5.74) is 5.46. The van der Waals surface area contributed by atoms with Crippen molar-refractivity contribution in [2.75, 3.05) is 13.1 Å². The quantitative estimate of drug-likeness (QED) is 0.885. The number of halogens is 2. The molecule has 0 radical (unpaired) electrons. The highest BCUT2D eigenvalue weighted by Gasteiger charge is 2.38. The van der Waals surface area contributed by atoms with Crippen LogP contribution in [0.5, 0.6) is 0 Å². The zero-order chi connectivity index (χ0) is 10.3. The van der Waals surface area contributed by atoms with Gasteiger partial charge in [-0.15, -0.1) is 24.8 Å². The van der Waals surface area contributed by atoms with E-state index in [2.05, 4.69) is 15.0 Å². The molecule has 2 N–H and O–H groups in total. The number of nitrogens with two attached hydrogens (primary N) is 1. The summed E-state index contributed by atoms with van der Waals surface area (Å²) in [6.07, 6.45) is 3.84. The second-order valence-corrected chi connectivity index (χ2v) is 4.48. The molecule has 3 rings (SSSR count). The number of fused-ring (bicyclic) bond motifs is 1. The first kappa shape index (κ1) is 14.7. The Kier molecular flexibility index (Phi) is 5.19. The van der Waals surface area contributed by atoms with E-state index in [0.717, 1.165) is 18.5 Å². The van der Waals surface area contributed by atoms with Gasteiger partial charge in [-0.2, -0.15) is 4.98 Å². The predicted octanol–water partition coefficient (Wildman–Crippen LogP) is 1.32. The summed E-state index contributed by atoms with van der Waals surface area (Å²) in [7, 11) is 0. The van der Waals surface area contributed by atoms with Gasteiger partial charge >= 0.3 is 0 Å². The Hall–Kier alpha value is -0.360. The van der Waals surface area contributed by atoms with E-state index in [1.165, 1.54) is 25.8 Å². The Morgan fingerprint density at radius 3 is 2.88 bits per heavy atom. The first-order valence-corrected chi connectivity index (χ1v) is 5.63. The molecule has 2 unspecified atom stereocenters. The highest BCUT2D eigenvalue weighted by molar-refractivity contribution is 5.85. The zero-order valence-electron chi connectivity index (χ0n) is 9.54. The molecule has 3 heterocycles. The normalized spacial score (nSPS) is 27.4. The lowest BCUT2D eigenvalue weighted by Crippen LogP contribution is -2.22. The average molecular weight is 281 g/mol. The molecule has 2 aliphatic heterocycles. The highest BCUT2D eigenvalue weighted by Crippen LogP contribution is 2.36. The van der Waals surface area contributed by atoms with Crippen molar-refractivity contribution in [2.45, 2.75) is 37.8 Å². The van der Waals surface area contributed by atoms with Gasteiger partial charge in [0, 0.05) is 12.6 Å². The minimum absolute atomic E-state index is 0. The van der Waals surface area contributed by atoms with Crippen molar-refractivity contribution in [1.29, 1.82) is 0 Å². The van der Waals surface area contributed by atoms with Gasteiger partial charge < -0.3 is 10.3 Å². The first-order valence-electron chi connectivity index (χ1n) is 5.63. The molecule has 0 spiro atoms. The van der Waals surface area contributed by atoms with Gasteiger partial charge in [0.15, 0.2) is 5.82 Å². The lowest BCUT2D eigenvalue weighted by molar-refractivity contribution is 0.312. The summed E-state index contributed by atoms with van der Waals surface area (Å²) in [5.74, 6) is 1.84. The van der Waals surface area contributed by atoms with Crippen LogP contribution < -0.4 is 5.73 Å². The molecule has 2 atom stereocenters. The topological polar surface area (TPSA) is 68.2 Å². The number of hydrogen-bond acceptors (Lipinski definition) is 5. The minimum atomic E-state index is 0. The molecule has 17 heavy (non-hydrogen) atoms. The summed E-state index contributed by atoms with van der Waals surface area (Å²) in [5, 5.41) is 3.84. The minimum Gasteiger partial charge on any atom is -0.339 e. The largest absolute Gasteiger partial charge is 0.339 e. The molecule has 0 aromatic carbocycles. The molecule has 1 aromatic heterocycles. The number of rotatable bonds is 2. The van der Waals surface area contributed by atoms with E-state index in [1.54, 1.807) is 0 Å². The fourth-order valence-corrected chi connectivity index (χ4v) is 2.78. The molecule has 2 fully saturated rings. The molecule has 0 saturated carbocycles. The molecule has 0 amide bonds. The molecule has 0 bridgehead atoms. The third-order valence-corrected chi connectivity index (χ3v) is 3.53. The lowest BCUT2D eigenvalue weighted by Gasteiger charge is -2.12. The van der Waals surface area contributed by atoms with E-state index in [4.69, 9.17) is 10.3 Å². The van der Waals surface area contributed by atoms with Crippen LogP contribution in [0.25, 0.3) is 0 Å². The summed E-state index contributed by atoms with van der Waals surface area (Å²) < 4.78 is 5.24. The van der Waals surface area contributed by atoms with Crippen molar-refractivity contribution in [3.8, 4) is 0 Å². The fourth-order valence-electron chi connectivity index (χ4n) is 2.78. The van der Waals surface area contributed by atoms with Gasteiger partial charge in [-0.3, -0.25) is 4.90 Å². The molecule has 2 saturated heterocycles. The molecule has 2 aliphatic rings. The van der Waals surface area contributed by atoms with Crippen LogP contribution in [0.15, 0.2) is 4.52 Å². The Morgan fingerprint density at radius 1 is 1.41 bits per heavy atom. The van der Waals surface area contributed by atoms with Crippen LogP contribution in [0, 0.1) is 0 Å². The Bertz CT molecular complexity index is 348. The number of nitrogens with zero attached hydrogens (tertiary/aromatic N) is 3. The van der Waals surface area contributed by atoms with Crippen molar-refractivity contribution in [1.82, 2.24) is 15.0 Å². The van der Waals surface area contributed by atoms with Gasteiger partial charge in [-0.1, -0.05) is 5.16 Å². The van der Waals surface area contributed by atoms with Crippen LogP contribution in [-0.4, -0.2) is 34.2 Å². The van der Waals surface area contributed by atoms with Gasteiger partial charge in [0.1, 0.15) is 0 Å². The zero-order valence-corrected chi connectivity index (χ0v) is 11.2. The van der Waals surface area contributed by atoms with Crippen molar-refractivity contribution in [2.24, 2.45) is 5.73 Å². The summed E-state index contributed by atoms with van der Waals surface area (Å²) in [4.78, 5) is 6.85. The van der Waals surface area contributed by atoms with E-state index in [-0.39, 0.29) is 24.8 Å². The molecule has 7 heteroatoms. The second-order valence-electron chi connectivity index (χ2n) is 4.48. The van der Waals surface area contributed by atoms with Crippen molar-refractivity contribution < 1.29 is 4.52 Å². The van der Waals surface area contributed by atoms with E-state index in [9.17, 15) is 0 Å². The molecule has 0 aliphatic carbocycles. The molecular formula is C10H18Cl2N4O. The summed E-state index contributed by atoms with van der Waals surface area (Å²) in [6, 6.07) is 0.753. The maximum absolute atomic E-state index is 5.46. The molecular weight excluding hydrogens is 263 g/mol. The third-order valence-electron chi connectivity index (χ3n) is 3.53.